The minimum absolute atomic E-state index is 0.0831. The number of carbonyl (C=O) groups is 2. The third-order valence-electron chi connectivity index (χ3n) is 7.10. The fourth-order valence-electron chi connectivity index (χ4n) is 5.19. The highest BCUT2D eigenvalue weighted by atomic mass is 32.1. The molecule has 6 nitrogen and oxygen atoms in total. The van der Waals surface area contributed by atoms with Crippen LogP contribution in [0.4, 0.5) is 0 Å². The van der Waals surface area contributed by atoms with Crippen LogP contribution < -0.4 is 5.32 Å². The molecule has 0 aliphatic heterocycles. The fourth-order valence-corrected chi connectivity index (χ4v) is 5.89. The van der Waals surface area contributed by atoms with Gasteiger partial charge in [-0.2, -0.15) is 0 Å². The number of amides is 2. The van der Waals surface area contributed by atoms with E-state index in [0.29, 0.717) is 6.54 Å². The zero-order valence-electron chi connectivity index (χ0n) is 20.6. The molecule has 1 aliphatic rings. The average molecular weight is 501 g/mol. The molecule has 186 valence electrons. The largest absolute Gasteiger partial charge is 0.351 e. The molecule has 1 aliphatic carbocycles. The summed E-state index contributed by atoms with van der Waals surface area (Å²) in [4.78, 5) is 38.3. The number of H-pyrrole nitrogens is 1. The zero-order chi connectivity index (χ0) is 24.9. The molecule has 0 radical (unpaired) electrons. The molecule has 1 fully saturated rings. The van der Waals surface area contributed by atoms with Gasteiger partial charge in [0.15, 0.2) is 0 Å². The molecule has 3 aromatic heterocycles. The van der Waals surface area contributed by atoms with Gasteiger partial charge in [0.05, 0.1) is 13.0 Å². The summed E-state index contributed by atoms with van der Waals surface area (Å²) in [6.07, 6.45) is 9.24. The van der Waals surface area contributed by atoms with Crippen LogP contribution in [0.5, 0.6) is 0 Å². The predicted octanol–water partition coefficient (Wildman–Crippen LogP) is 5.69. The van der Waals surface area contributed by atoms with Gasteiger partial charge in [-0.3, -0.25) is 9.59 Å². The summed E-state index contributed by atoms with van der Waals surface area (Å²) in [6.45, 7) is 2.39. The highest BCUT2D eigenvalue weighted by molar-refractivity contribution is 7.09. The van der Waals surface area contributed by atoms with Crippen molar-refractivity contribution < 1.29 is 9.59 Å². The molecule has 0 bridgehead atoms. The fraction of sp³-hybridized carbons (Fsp3) is 0.345. The Balaban J connectivity index is 1.51. The summed E-state index contributed by atoms with van der Waals surface area (Å²) in [5, 5.41) is 6.24. The van der Waals surface area contributed by atoms with Crippen molar-refractivity contribution in [2.75, 3.05) is 0 Å². The number of fused-ring (bicyclic) bond motifs is 1. The number of thiophene rings is 1. The maximum Gasteiger partial charge on any atom is 0.247 e. The van der Waals surface area contributed by atoms with Crippen molar-refractivity contribution in [2.45, 2.75) is 64.1 Å². The van der Waals surface area contributed by atoms with Crippen molar-refractivity contribution >= 4 is 34.2 Å². The Kier molecular flexibility index (Phi) is 7.47. The van der Waals surface area contributed by atoms with Gasteiger partial charge >= 0.3 is 0 Å². The van der Waals surface area contributed by atoms with E-state index in [1.807, 2.05) is 67.0 Å². The number of rotatable bonds is 8. The molecule has 3 heterocycles. The van der Waals surface area contributed by atoms with Crippen LogP contribution in [-0.2, 0) is 22.6 Å². The highest BCUT2D eigenvalue weighted by Crippen LogP contribution is 2.30. The Morgan fingerprint density at radius 1 is 1.11 bits per heavy atom. The first-order valence-corrected chi connectivity index (χ1v) is 13.6. The van der Waals surface area contributed by atoms with Gasteiger partial charge in [-0.25, -0.2) is 4.98 Å². The Morgan fingerprint density at radius 2 is 1.94 bits per heavy atom. The Bertz CT molecular complexity index is 1320. The van der Waals surface area contributed by atoms with Gasteiger partial charge < -0.3 is 15.2 Å². The summed E-state index contributed by atoms with van der Waals surface area (Å²) >= 11 is 1.60. The molecular weight excluding hydrogens is 468 g/mol. The summed E-state index contributed by atoms with van der Waals surface area (Å²) in [5.41, 5.74) is 3.52. The topological polar surface area (TPSA) is 78.1 Å². The van der Waals surface area contributed by atoms with Crippen LogP contribution in [0.1, 0.15) is 59.7 Å². The van der Waals surface area contributed by atoms with Crippen LogP contribution in [0.3, 0.4) is 0 Å². The zero-order valence-corrected chi connectivity index (χ0v) is 21.4. The molecule has 2 amide bonds. The van der Waals surface area contributed by atoms with Crippen LogP contribution in [0.25, 0.3) is 11.0 Å². The lowest BCUT2D eigenvalue weighted by Crippen LogP contribution is -2.47. The lowest BCUT2D eigenvalue weighted by molar-refractivity contribution is -0.141. The molecule has 1 unspecified atom stereocenters. The number of hydrogen-bond donors (Lipinski definition) is 2. The molecule has 36 heavy (non-hydrogen) atoms. The Morgan fingerprint density at radius 3 is 2.72 bits per heavy atom. The van der Waals surface area contributed by atoms with E-state index in [2.05, 4.69) is 15.3 Å². The first kappa shape index (κ1) is 24.3. The van der Waals surface area contributed by atoms with Gasteiger partial charge in [-0.05, 0) is 60.0 Å². The Hall–Kier alpha value is -3.45. The van der Waals surface area contributed by atoms with E-state index in [4.69, 9.17) is 0 Å². The molecule has 7 heteroatoms. The van der Waals surface area contributed by atoms with Crippen LogP contribution in [0.2, 0.25) is 0 Å². The van der Waals surface area contributed by atoms with E-state index >= 15 is 0 Å². The van der Waals surface area contributed by atoms with Crippen molar-refractivity contribution in [2.24, 2.45) is 0 Å². The molecule has 0 saturated heterocycles. The van der Waals surface area contributed by atoms with E-state index in [0.717, 1.165) is 58.3 Å². The summed E-state index contributed by atoms with van der Waals surface area (Å²) < 4.78 is 0. The molecule has 1 aromatic carbocycles. The first-order valence-electron chi connectivity index (χ1n) is 12.7. The molecule has 1 atom stereocenters. The number of nitrogens with zero attached hydrogens (tertiary/aromatic N) is 2. The average Bonchev–Trinajstić information content (AvgIpc) is 3.55. The number of benzene rings is 1. The molecule has 5 rings (SSSR count). The van der Waals surface area contributed by atoms with Crippen molar-refractivity contribution in [1.82, 2.24) is 20.2 Å². The number of aromatic nitrogens is 2. The van der Waals surface area contributed by atoms with Crippen LogP contribution >= 0.6 is 11.3 Å². The van der Waals surface area contributed by atoms with Crippen LogP contribution in [-0.4, -0.2) is 32.7 Å². The van der Waals surface area contributed by atoms with Crippen molar-refractivity contribution in [3.05, 3.63) is 87.9 Å². The normalized spacial score (nSPS) is 15.0. The minimum atomic E-state index is -0.703. The molecule has 2 N–H and O–H groups in total. The number of carbonyl (C=O) groups excluding carboxylic acids is 2. The van der Waals surface area contributed by atoms with Crippen LogP contribution in [0.15, 0.2) is 66.3 Å². The third-order valence-corrected chi connectivity index (χ3v) is 7.96. The second kappa shape index (κ2) is 11.1. The lowest BCUT2D eigenvalue weighted by Gasteiger charge is -2.34. The second-order valence-corrected chi connectivity index (χ2v) is 10.6. The predicted molar refractivity (Wildman–Crippen MR) is 144 cm³/mol. The van der Waals surface area contributed by atoms with Crippen molar-refractivity contribution in [3.8, 4) is 0 Å². The van der Waals surface area contributed by atoms with E-state index in [1.54, 1.807) is 22.4 Å². The SMILES string of the molecule is Cc1ccccc1C(C(=O)NC1CCCCC1)N(Cc1cccs1)C(=O)Cc1c[nH]c2ncccc12. The van der Waals surface area contributed by atoms with Gasteiger partial charge in [0, 0.05) is 28.7 Å². The molecule has 0 spiro atoms. The Labute approximate surface area is 215 Å². The quantitative estimate of drug-likeness (QED) is 0.326. The van der Waals surface area contributed by atoms with Gasteiger partial charge in [-0.15, -0.1) is 11.3 Å². The standard InChI is InChI=1S/C29H32N4O2S/c1-20-9-5-6-13-24(20)27(29(35)32-22-10-3-2-4-11-22)33(19-23-12-8-16-36-23)26(34)17-21-18-31-28-25(21)14-7-15-30-28/h5-9,12-16,18,22,27H,2-4,10-11,17,19H2,1H3,(H,30,31)(H,32,35). The smallest absolute Gasteiger partial charge is 0.247 e. The minimum Gasteiger partial charge on any atom is -0.351 e. The maximum atomic E-state index is 14.0. The molecule has 4 aromatic rings. The summed E-state index contributed by atoms with van der Waals surface area (Å²) in [5.74, 6) is -0.179. The summed E-state index contributed by atoms with van der Waals surface area (Å²) in [6, 6.07) is 15.2. The molecular formula is C29H32N4O2S. The lowest BCUT2D eigenvalue weighted by atomic mass is 9.93. The van der Waals surface area contributed by atoms with Gasteiger partial charge in [0.1, 0.15) is 11.7 Å². The van der Waals surface area contributed by atoms with Crippen molar-refractivity contribution in [3.63, 3.8) is 0 Å². The van der Waals surface area contributed by atoms with Gasteiger partial charge in [0.25, 0.3) is 0 Å². The number of hydrogen-bond acceptors (Lipinski definition) is 4. The highest BCUT2D eigenvalue weighted by Gasteiger charge is 2.34. The monoisotopic (exact) mass is 500 g/mol. The number of pyridine rings is 1. The van der Waals surface area contributed by atoms with E-state index in [-0.39, 0.29) is 24.3 Å². The van der Waals surface area contributed by atoms with E-state index in [9.17, 15) is 9.59 Å². The third kappa shape index (κ3) is 5.36. The molecule has 1 saturated carbocycles. The second-order valence-electron chi connectivity index (χ2n) is 9.59. The maximum absolute atomic E-state index is 14.0. The van der Waals surface area contributed by atoms with Gasteiger partial charge in [0.2, 0.25) is 11.8 Å². The van der Waals surface area contributed by atoms with E-state index < -0.39 is 6.04 Å². The van der Waals surface area contributed by atoms with Crippen molar-refractivity contribution in [1.29, 1.82) is 0 Å². The van der Waals surface area contributed by atoms with E-state index in [1.165, 1.54) is 6.42 Å². The number of nitrogens with one attached hydrogen (secondary N) is 2. The number of aromatic amines is 1. The number of aryl methyl sites for hydroxylation is 1. The summed E-state index contributed by atoms with van der Waals surface area (Å²) in [7, 11) is 0. The van der Waals surface area contributed by atoms with Crippen LogP contribution in [0, 0.1) is 6.92 Å². The first-order chi connectivity index (χ1) is 17.6. The van der Waals surface area contributed by atoms with Gasteiger partial charge in [-0.1, -0.05) is 49.6 Å².